The van der Waals surface area contributed by atoms with Gasteiger partial charge in [-0.25, -0.2) is 18.6 Å². The lowest BCUT2D eigenvalue weighted by atomic mass is 10.1. The largest absolute Gasteiger partial charge is 0.465 e. The number of morpholine rings is 1. The molecule has 4 aromatic rings. The molecular formula is C24H22F2N4O3. The second kappa shape index (κ2) is 8.40. The molecule has 0 amide bonds. The molecule has 1 fully saturated rings. The number of carbonyl (C=O) groups excluding carboxylic acids is 1. The van der Waals surface area contributed by atoms with Gasteiger partial charge in [-0.15, -0.1) is 0 Å². The van der Waals surface area contributed by atoms with Gasteiger partial charge in [-0.1, -0.05) is 12.1 Å². The number of hydrogen-bond donors (Lipinski definition) is 0. The highest BCUT2D eigenvalue weighted by Gasteiger charge is 2.24. The lowest BCUT2D eigenvalue weighted by molar-refractivity contribution is 0.0602. The molecule has 0 spiro atoms. The fraction of sp³-hybridized carbons (Fsp3) is 0.292. The lowest BCUT2D eigenvalue weighted by Crippen LogP contribution is -2.36. The van der Waals surface area contributed by atoms with Crippen LogP contribution in [0.1, 0.15) is 28.2 Å². The van der Waals surface area contributed by atoms with Crippen molar-refractivity contribution in [2.45, 2.75) is 13.3 Å². The zero-order valence-electron chi connectivity index (χ0n) is 18.2. The number of alkyl halides is 2. The predicted molar refractivity (Wildman–Crippen MR) is 120 cm³/mol. The first-order valence-corrected chi connectivity index (χ1v) is 10.6. The van der Waals surface area contributed by atoms with E-state index in [2.05, 4.69) is 14.9 Å². The van der Waals surface area contributed by atoms with Crippen molar-refractivity contribution in [3.05, 3.63) is 59.5 Å². The van der Waals surface area contributed by atoms with Gasteiger partial charge in [-0.05, 0) is 31.2 Å². The Bertz CT molecular complexity index is 1360. The Labute approximate surface area is 188 Å². The van der Waals surface area contributed by atoms with Crippen molar-refractivity contribution in [3.8, 4) is 5.69 Å². The van der Waals surface area contributed by atoms with E-state index in [0.29, 0.717) is 65.3 Å². The molecule has 33 heavy (non-hydrogen) atoms. The number of pyridine rings is 1. The molecule has 0 radical (unpaired) electrons. The van der Waals surface area contributed by atoms with Crippen LogP contribution >= 0.6 is 0 Å². The molecule has 3 heterocycles. The second-order valence-electron chi connectivity index (χ2n) is 7.82. The zero-order chi connectivity index (χ0) is 23.1. The number of anilines is 1. The maximum atomic E-state index is 13.9. The summed E-state index contributed by atoms with van der Waals surface area (Å²) in [6.45, 7) is 4.29. The summed E-state index contributed by atoms with van der Waals surface area (Å²) in [7, 11) is 1.32. The van der Waals surface area contributed by atoms with Crippen molar-refractivity contribution in [1.82, 2.24) is 14.5 Å². The third-order valence-corrected chi connectivity index (χ3v) is 5.95. The van der Waals surface area contributed by atoms with Gasteiger partial charge in [0.15, 0.2) is 0 Å². The number of methoxy groups -OCH3 is 1. The number of nitrogens with zero attached hydrogens (tertiary/aromatic N) is 4. The first-order chi connectivity index (χ1) is 16.0. The Morgan fingerprint density at radius 1 is 1.18 bits per heavy atom. The summed E-state index contributed by atoms with van der Waals surface area (Å²) >= 11 is 0. The minimum atomic E-state index is -2.67. The first-order valence-electron chi connectivity index (χ1n) is 10.6. The Kier molecular flexibility index (Phi) is 5.41. The summed E-state index contributed by atoms with van der Waals surface area (Å²) in [6.07, 6.45) is -1.08. The molecule has 0 atom stereocenters. The molecule has 7 nitrogen and oxygen atoms in total. The number of esters is 1. The van der Waals surface area contributed by atoms with E-state index in [1.54, 1.807) is 37.4 Å². The Hall–Kier alpha value is -3.59. The van der Waals surface area contributed by atoms with Gasteiger partial charge in [0.05, 0.1) is 42.6 Å². The van der Waals surface area contributed by atoms with Crippen LogP contribution < -0.4 is 4.90 Å². The monoisotopic (exact) mass is 452 g/mol. The number of fused-ring (bicyclic) bond motifs is 2. The van der Waals surface area contributed by atoms with E-state index < -0.39 is 12.4 Å². The van der Waals surface area contributed by atoms with E-state index in [1.165, 1.54) is 13.2 Å². The van der Waals surface area contributed by atoms with Gasteiger partial charge < -0.3 is 14.4 Å². The third-order valence-electron chi connectivity index (χ3n) is 5.95. The number of carbonyl (C=O) groups is 1. The lowest BCUT2D eigenvalue weighted by Gasteiger charge is -2.29. The van der Waals surface area contributed by atoms with Gasteiger partial charge in [0, 0.05) is 35.9 Å². The predicted octanol–water partition coefficient (Wildman–Crippen LogP) is 4.44. The minimum absolute atomic E-state index is 0.102. The quantitative estimate of drug-likeness (QED) is 0.427. The summed E-state index contributed by atoms with van der Waals surface area (Å²) < 4.78 is 40.1. The van der Waals surface area contributed by atoms with E-state index in [1.807, 2.05) is 10.6 Å². The topological polar surface area (TPSA) is 69.5 Å². The number of rotatable bonds is 4. The zero-order valence-corrected chi connectivity index (χ0v) is 18.2. The summed E-state index contributed by atoms with van der Waals surface area (Å²) in [5.74, 6) is 0.0541. The highest BCUT2D eigenvalue weighted by molar-refractivity contribution is 6.05. The molecule has 1 aliphatic heterocycles. The van der Waals surface area contributed by atoms with Crippen LogP contribution in [0.3, 0.4) is 0 Å². The standard InChI is InChI=1S/C24H22F2N4O3/c1-14-28-22-17(24(31)32-2)12-15(29-8-10-33-11-9-29)13-20(22)30(14)19-6-7-27-18-5-3-4-16(21(18)19)23(25)26/h3-7,12-13,23H,8-11H2,1-2H3. The van der Waals surface area contributed by atoms with Gasteiger partial charge in [-0.2, -0.15) is 0 Å². The average molecular weight is 452 g/mol. The van der Waals surface area contributed by atoms with Crippen LogP contribution in [0, 0.1) is 6.92 Å². The van der Waals surface area contributed by atoms with Crippen LogP contribution in [0.25, 0.3) is 27.6 Å². The SMILES string of the molecule is COC(=O)c1cc(N2CCOCC2)cc2c1nc(C)n2-c1ccnc2cccc(C(F)F)c12. The molecule has 5 rings (SSSR count). The van der Waals surface area contributed by atoms with Crippen LogP contribution in [0.4, 0.5) is 14.5 Å². The van der Waals surface area contributed by atoms with Gasteiger partial charge in [0.25, 0.3) is 6.43 Å². The number of benzene rings is 2. The smallest absolute Gasteiger partial charge is 0.340 e. The number of ether oxygens (including phenoxy) is 2. The fourth-order valence-electron chi connectivity index (χ4n) is 4.44. The van der Waals surface area contributed by atoms with E-state index in [9.17, 15) is 13.6 Å². The molecule has 1 saturated heterocycles. The Balaban J connectivity index is 1.83. The van der Waals surface area contributed by atoms with Gasteiger partial charge >= 0.3 is 5.97 Å². The highest BCUT2D eigenvalue weighted by atomic mass is 19.3. The van der Waals surface area contributed by atoms with E-state index in [4.69, 9.17) is 9.47 Å². The third kappa shape index (κ3) is 3.58. The number of imidazole rings is 1. The average Bonchev–Trinajstić information content (AvgIpc) is 3.18. The normalized spacial score (nSPS) is 14.4. The molecule has 0 unspecified atom stereocenters. The summed E-state index contributed by atoms with van der Waals surface area (Å²) in [5, 5.41) is 0.355. The molecule has 0 bridgehead atoms. The van der Waals surface area contributed by atoms with Crippen LogP contribution in [0.5, 0.6) is 0 Å². The molecule has 170 valence electrons. The fourth-order valence-corrected chi connectivity index (χ4v) is 4.44. The van der Waals surface area contributed by atoms with Gasteiger partial charge in [0.1, 0.15) is 11.3 Å². The maximum absolute atomic E-state index is 13.9. The first kappa shape index (κ1) is 21.3. The van der Waals surface area contributed by atoms with E-state index in [0.717, 1.165) is 5.69 Å². The van der Waals surface area contributed by atoms with Crippen molar-refractivity contribution in [3.63, 3.8) is 0 Å². The van der Waals surface area contributed by atoms with Crippen molar-refractivity contribution in [2.24, 2.45) is 0 Å². The number of aromatic nitrogens is 3. The van der Waals surface area contributed by atoms with Crippen molar-refractivity contribution in [1.29, 1.82) is 0 Å². The van der Waals surface area contributed by atoms with Gasteiger partial charge in [0.2, 0.25) is 0 Å². The second-order valence-corrected chi connectivity index (χ2v) is 7.82. The van der Waals surface area contributed by atoms with E-state index >= 15 is 0 Å². The summed E-state index contributed by atoms with van der Waals surface area (Å²) in [5.41, 5.74) is 3.12. The summed E-state index contributed by atoms with van der Waals surface area (Å²) in [4.78, 5) is 23.7. The number of aryl methyl sites for hydroxylation is 1. The number of halogens is 2. The summed E-state index contributed by atoms with van der Waals surface area (Å²) in [6, 6.07) is 10.1. The van der Waals surface area contributed by atoms with Crippen LogP contribution in [-0.4, -0.2) is 53.9 Å². The number of hydrogen-bond acceptors (Lipinski definition) is 6. The van der Waals surface area contributed by atoms with Crippen LogP contribution in [0.15, 0.2) is 42.6 Å². The maximum Gasteiger partial charge on any atom is 0.340 e. The molecule has 1 aliphatic rings. The minimum Gasteiger partial charge on any atom is -0.465 e. The molecule has 0 aliphatic carbocycles. The highest BCUT2D eigenvalue weighted by Crippen LogP contribution is 2.35. The molecule has 2 aromatic heterocycles. The van der Waals surface area contributed by atoms with Gasteiger partial charge in [-0.3, -0.25) is 9.55 Å². The molecule has 2 aromatic carbocycles. The van der Waals surface area contributed by atoms with Crippen LogP contribution in [-0.2, 0) is 9.47 Å². The molecular weight excluding hydrogens is 430 g/mol. The molecule has 0 N–H and O–H groups in total. The Morgan fingerprint density at radius 2 is 1.97 bits per heavy atom. The van der Waals surface area contributed by atoms with Crippen molar-refractivity contribution >= 4 is 33.6 Å². The molecule has 9 heteroatoms. The van der Waals surface area contributed by atoms with Crippen LogP contribution in [0.2, 0.25) is 0 Å². The Morgan fingerprint density at radius 3 is 2.70 bits per heavy atom. The van der Waals surface area contributed by atoms with Crippen molar-refractivity contribution in [2.75, 3.05) is 38.3 Å². The van der Waals surface area contributed by atoms with Crippen molar-refractivity contribution < 1.29 is 23.0 Å². The van der Waals surface area contributed by atoms with E-state index in [-0.39, 0.29) is 5.56 Å². The molecule has 0 saturated carbocycles.